The predicted molar refractivity (Wildman–Crippen MR) is 272 cm³/mol. The fourth-order valence-electron chi connectivity index (χ4n) is 10.7. The van der Waals surface area contributed by atoms with E-state index >= 15 is 0 Å². The fourth-order valence-corrected chi connectivity index (χ4v) is 11.9. The van der Waals surface area contributed by atoms with Gasteiger partial charge in [-0.1, -0.05) is 71.1 Å². The van der Waals surface area contributed by atoms with E-state index in [-0.39, 0.29) is 60.9 Å². The number of esters is 1. The number of fused-ring (bicyclic) bond motifs is 3. The highest BCUT2D eigenvalue weighted by Gasteiger charge is 2.53. The number of ketones is 3. The summed E-state index contributed by atoms with van der Waals surface area (Å²) in [5.74, 6) is -7.51. The van der Waals surface area contributed by atoms with Crippen molar-refractivity contribution in [1.82, 2.24) is 4.90 Å². The van der Waals surface area contributed by atoms with E-state index in [0.29, 0.717) is 50.5 Å². The Bertz CT molecular complexity index is 1890. The van der Waals surface area contributed by atoms with Crippen molar-refractivity contribution >= 4 is 37.5 Å². The standard InChI is InChI=1S/C55H89NO13Si/c1-34-19-15-14-16-20-35(2)46(64-8)32-42-26-24-40(7)55(63,68-42)52(60)53(61)56-28-18-17-21-43(56)54(62)67-47(38(5)30-41-25-27-45(48(31-41)65-9)69-70(11,12)13)33-44(57)37(4)29-39(6)50(59)51(66-10)49(58)36(3)23-22-34/h14-16,19-20,29,34,36-38,40-43,45-48,50-51,59,63H,17-18,21-28,30-33H2,1-13H3/b16-14+,19-15+,35-20?,39-29+/t34-,36-,37-,38-,40-,41+,42+,43+,45-,46+,47+,48-,50-,51+,55-/m1/s1. The van der Waals surface area contributed by atoms with Gasteiger partial charge in [-0.25, -0.2) is 4.79 Å². The van der Waals surface area contributed by atoms with Crippen LogP contribution in [0.3, 0.4) is 0 Å². The van der Waals surface area contributed by atoms with Crippen LogP contribution in [0.1, 0.15) is 132 Å². The van der Waals surface area contributed by atoms with Gasteiger partial charge in [0, 0.05) is 58.5 Å². The van der Waals surface area contributed by atoms with E-state index in [2.05, 4.69) is 32.6 Å². The topological polar surface area (TPSA) is 184 Å². The van der Waals surface area contributed by atoms with Crippen LogP contribution < -0.4 is 0 Å². The molecule has 2 bridgehead atoms. The quantitative estimate of drug-likeness (QED) is 0.102. The van der Waals surface area contributed by atoms with Crippen LogP contribution in [0.25, 0.3) is 0 Å². The van der Waals surface area contributed by atoms with E-state index in [1.54, 1.807) is 41.1 Å². The first-order chi connectivity index (χ1) is 32.9. The second-order valence-corrected chi connectivity index (χ2v) is 26.6. The Morgan fingerprint density at radius 2 is 1.54 bits per heavy atom. The molecule has 15 atom stereocenters. The maximum absolute atomic E-state index is 14.5. The van der Waals surface area contributed by atoms with Gasteiger partial charge in [-0.3, -0.25) is 19.2 Å². The molecule has 4 rings (SSSR count). The zero-order valence-corrected chi connectivity index (χ0v) is 45.8. The number of hydrogen-bond donors (Lipinski definition) is 2. The van der Waals surface area contributed by atoms with Gasteiger partial charge in [0.25, 0.3) is 11.7 Å². The summed E-state index contributed by atoms with van der Waals surface area (Å²) < 4.78 is 36.5. The van der Waals surface area contributed by atoms with Crippen molar-refractivity contribution in [3.8, 4) is 0 Å². The van der Waals surface area contributed by atoms with Crippen LogP contribution in [-0.4, -0.2) is 135 Å². The third kappa shape index (κ3) is 16.4. The first-order valence-corrected chi connectivity index (χ1v) is 29.5. The molecule has 1 amide bonds. The molecule has 0 aromatic rings. The lowest BCUT2D eigenvalue weighted by Crippen LogP contribution is -2.61. The Balaban J connectivity index is 1.69. The number of aliphatic hydroxyl groups is 2. The van der Waals surface area contributed by atoms with Crippen molar-refractivity contribution in [2.75, 3.05) is 27.9 Å². The molecule has 3 aliphatic heterocycles. The van der Waals surface area contributed by atoms with Crippen LogP contribution in [0.2, 0.25) is 19.6 Å². The van der Waals surface area contributed by atoms with Gasteiger partial charge < -0.3 is 43.2 Å². The van der Waals surface area contributed by atoms with Gasteiger partial charge in [-0.15, -0.1) is 0 Å². The number of ether oxygens (including phenoxy) is 5. The summed E-state index contributed by atoms with van der Waals surface area (Å²) >= 11 is 0. The van der Waals surface area contributed by atoms with Crippen molar-refractivity contribution in [1.29, 1.82) is 0 Å². The van der Waals surface area contributed by atoms with Crippen LogP contribution in [-0.2, 0) is 52.1 Å². The lowest BCUT2D eigenvalue weighted by Gasteiger charge is -2.42. The monoisotopic (exact) mass is 1000 g/mol. The Kier molecular flexibility index (Phi) is 23.1. The summed E-state index contributed by atoms with van der Waals surface area (Å²) in [5.41, 5.74) is 1.31. The lowest BCUT2D eigenvalue weighted by molar-refractivity contribution is -0.265. The molecule has 0 unspecified atom stereocenters. The smallest absolute Gasteiger partial charge is 0.329 e. The highest BCUT2D eigenvalue weighted by atomic mass is 28.4. The minimum absolute atomic E-state index is 0.0130. The Hall–Kier alpha value is -3.15. The minimum atomic E-state index is -2.42. The number of Topliss-reactive ketones (excluding diaryl/α,β-unsaturated/α-hetero) is 3. The Morgan fingerprint density at radius 3 is 2.20 bits per heavy atom. The Morgan fingerprint density at radius 1 is 0.829 bits per heavy atom. The van der Waals surface area contributed by atoms with E-state index in [1.165, 1.54) is 12.0 Å². The molecular weight excluding hydrogens is 911 g/mol. The molecule has 1 saturated carbocycles. The number of carbonyl (C=O) groups is 5. The molecule has 3 fully saturated rings. The molecule has 0 aromatic heterocycles. The van der Waals surface area contributed by atoms with Gasteiger partial charge in [0.2, 0.25) is 5.79 Å². The maximum atomic E-state index is 14.5. The third-order valence-electron chi connectivity index (χ3n) is 15.3. The van der Waals surface area contributed by atoms with E-state index in [1.807, 2.05) is 45.1 Å². The largest absolute Gasteiger partial charge is 0.460 e. The molecule has 70 heavy (non-hydrogen) atoms. The summed E-state index contributed by atoms with van der Waals surface area (Å²) in [6, 6.07) is -1.13. The number of amides is 1. The fraction of sp³-hybridized carbons (Fsp3) is 0.764. The molecular formula is C55H89NO13Si. The van der Waals surface area contributed by atoms with Crippen molar-refractivity contribution in [2.24, 2.45) is 35.5 Å². The molecule has 2 N–H and O–H groups in total. The number of aliphatic hydroxyl groups excluding tert-OH is 1. The second kappa shape index (κ2) is 27.2. The first kappa shape index (κ1) is 59.4. The minimum Gasteiger partial charge on any atom is -0.460 e. The van der Waals surface area contributed by atoms with Crippen molar-refractivity contribution in [3.05, 3.63) is 47.6 Å². The molecule has 3 heterocycles. The summed E-state index contributed by atoms with van der Waals surface area (Å²) in [4.78, 5) is 72.4. The average Bonchev–Trinajstić information content (AvgIpc) is 3.32. The van der Waals surface area contributed by atoms with Gasteiger partial charge in [0.15, 0.2) is 14.1 Å². The van der Waals surface area contributed by atoms with E-state index in [0.717, 1.165) is 31.3 Å². The molecule has 4 aliphatic rings. The zero-order chi connectivity index (χ0) is 52.1. The van der Waals surface area contributed by atoms with E-state index in [4.69, 9.17) is 28.1 Å². The number of cyclic esters (lactones) is 1. The second-order valence-electron chi connectivity index (χ2n) is 22.1. The lowest BCUT2D eigenvalue weighted by atomic mass is 9.78. The van der Waals surface area contributed by atoms with Gasteiger partial charge in [0.1, 0.15) is 30.1 Å². The molecule has 14 nitrogen and oxygen atoms in total. The summed E-state index contributed by atoms with van der Waals surface area (Å²) in [7, 11) is 2.85. The zero-order valence-electron chi connectivity index (χ0n) is 44.8. The average molecular weight is 1000 g/mol. The third-order valence-corrected chi connectivity index (χ3v) is 16.3. The number of rotatable bonds is 8. The van der Waals surface area contributed by atoms with Gasteiger partial charge in [-0.05, 0) is 133 Å². The number of nitrogens with zero attached hydrogens (tertiary/aromatic N) is 1. The number of allylic oxidation sites excluding steroid dienone is 6. The van der Waals surface area contributed by atoms with E-state index < -0.39 is 86.1 Å². The molecule has 0 aromatic carbocycles. The highest BCUT2D eigenvalue weighted by molar-refractivity contribution is 6.69. The summed E-state index contributed by atoms with van der Waals surface area (Å²) in [6.07, 6.45) is 13.9. The molecule has 0 spiro atoms. The van der Waals surface area contributed by atoms with Crippen LogP contribution in [0.15, 0.2) is 47.6 Å². The Labute approximate surface area is 420 Å². The summed E-state index contributed by atoms with van der Waals surface area (Å²) in [6.45, 7) is 19.5. The molecule has 396 valence electrons. The maximum Gasteiger partial charge on any atom is 0.329 e. The molecule has 15 heteroatoms. The molecule has 1 aliphatic carbocycles. The van der Waals surface area contributed by atoms with Gasteiger partial charge in [0.05, 0.1) is 24.4 Å². The predicted octanol–water partition coefficient (Wildman–Crippen LogP) is 8.43. The van der Waals surface area contributed by atoms with Crippen LogP contribution in [0.4, 0.5) is 0 Å². The van der Waals surface area contributed by atoms with Crippen molar-refractivity contribution in [2.45, 2.75) is 206 Å². The number of piperidine rings is 1. The molecule has 2 saturated heterocycles. The van der Waals surface area contributed by atoms with Crippen LogP contribution >= 0.6 is 0 Å². The van der Waals surface area contributed by atoms with Gasteiger partial charge >= 0.3 is 5.97 Å². The summed E-state index contributed by atoms with van der Waals surface area (Å²) in [5, 5.41) is 23.5. The normalized spacial score (nSPS) is 38.1. The first-order valence-electron chi connectivity index (χ1n) is 26.1. The van der Waals surface area contributed by atoms with Crippen molar-refractivity contribution < 1.29 is 62.3 Å². The highest BCUT2D eigenvalue weighted by Crippen LogP contribution is 2.38. The van der Waals surface area contributed by atoms with Crippen LogP contribution in [0.5, 0.6) is 0 Å². The number of methoxy groups -OCH3 is 3. The number of hydrogen-bond acceptors (Lipinski definition) is 13. The number of carbonyl (C=O) groups excluding carboxylic acids is 5. The van der Waals surface area contributed by atoms with Crippen LogP contribution in [0, 0.1) is 35.5 Å². The molecule has 0 radical (unpaired) electrons. The van der Waals surface area contributed by atoms with Gasteiger partial charge in [-0.2, -0.15) is 0 Å². The van der Waals surface area contributed by atoms with Crippen molar-refractivity contribution in [3.63, 3.8) is 0 Å². The van der Waals surface area contributed by atoms with E-state index in [9.17, 15) is 34.2 Å². The SMILES string of the molecule is CO[C@H]1C[C@@H]2CC[C@@H](C)[C@@](O)(O2)C(=O)C(=O)N2CCCC[C@H]2C(=O)O[C@H]([C@H](C)C[C@@H]2CC[C@@H](O[Si](C)(C)C)[C@H](OC)C2)CC(=O)[C@H](C)/C=C(\C)[C@@H](O)[C@@H](OC)C(=O)[C@H](C)CC[C@H](C)/C=C/C=C/C=C1C.